The van der Waals surface area contributed by atoms with E-state index in [9.17, 15) is 4.79 Å². The molecule has 22 heavy (non-hydrogen) atoms. The van der Waals surface area contributed by atoms with E-state index in [1.165, 1.54) is 0 Å². The van der Waals surface area contributed by atoms with E-state index in [-0.39, 0.29) is 11.9 Å². The first kappa shape index (κ1) is 18.3. The van der Waals surface area contributed by atoms with Crippen molar-refractivity contribution in [3.05, 3.63) is 34.9 Å². The lowest BCUT2D eigenvalue weighted by Crippen LogP contribution is -2.40. The largest absolute Gasteiger partial charge is 0.356 e. The Morgan fingerprint density at radius 1 is 1.23 bits per heavy atom. The van der Waals surface area contributed by atoms with Gasteiger partial charge in [-0.2, -0.15) is 0 Å². The van der Waals surface area contributed by atoms with Crippen LogP contribution in [0.25, 0.3) is 0 Å². The first-order valence-electron chi connectivity index (χ1n) is 7.50. The van der Waals surface area contributed by atoms with Crippen LogP contribution in [0.4, 0.5) is 0 Å². The van der Waals surface area contributed by atoms with Crippen LogP contribution >= 0.6 is 11.6 Å². The summed E-state index contributed by atoms with van der Waals surface area (Å²) in [6, 6.07) is 7.96. The summed E-state index contributed by atoms with van der Waals surface area (Å²) in [5.74, 6) is 0.721. The number of carbonyl (C=O) groups excluding carboxylic acids is 1. The van der Waals surface area contributed by atoms with Crippen LogP contribution in [0.5, 0.6) is 0 Å². The summed E-state index contributed by atoms with van der Waals surface area (Å²) < 4.78 is 0. The molecule has 122 valence electrons. The van der Waals surface area contributed by atoms with E-state index >= 15 is 0 Å². The van der Waals surface area contributed by atoms with Crippen LogP contribution in [-0.2, 0) is 11.2 Å². The first-order chi connectivity index (χ1) is 10.5. The van der Waals surface area contributed by atoms with Crippen molar-refractivity contribution >= 4 is 23.5 Å². The van der Waals surface area contributed by atoms with Crippen LogP contribution in [0.1, 0.15) is 25.8 Å². The summed E-state index contributed by atoms with van der Waals surface area (Å²) in [6.07, 6.45) is 1.23. The van der Waals surface area contributed by atoms with Crippen LogP contribution in [-0.4, -0.2) is 38.0 Å². The number of aliphatic imine (C=N–C) groups is 1. The van der Waals surface area contributed by atoms with Crippen LogP contribution in [0.15, 0.2) is 29.3 Å². The number of amides is 1. The Hall–Kier alpha value is -1.75. The van der Waals surface area contributed by atoms with E-state index < -0.39 is 0 Å². The maximum atomic E-state index is 11.5. The van der Waals surface area contributed by atoms with Gasteiger partial charge in [0.1, 0.15) is 0 Å². The normalized spacial score (nSPS) is 11.4. The highest BCUT2D eigenvalue weighted by molar-refractivity contribution is 6.31. The zero-order chi connectivity index (χ0) is 16.4. The molecule has 0 aromatic heterocycles. The Morgan fingerprint density at radius 2 is 1.91 bits per heavy atom. The van der Waals surface area contributed by atoms with Crippen LogP contribution in [0, 0.1) is 0 Å². The van der Waals surface area contributed by atoms with Crippen molar-refractivity contribution in [3.8, 4) is 0 Å². The number of benzene rings is 1. The van der Waals surface area contributed by atoms with Crippen molar-refractivity contribution < 1.29 is 4.79 Å². The minimum atomic E-state index is 0.0361. The molecule has 0 spiro atoms. The van der Waals surface area contributed by atoms with E-state index in [4.69, 9.17) is 11.6 Å². The second-order valence-corrected chi connectivity index (χ2v) is 5.65. The molecule has 0 heterocycles. The fraction of sp³-hybridized carbons (Fsp3) is 0.500. The summed E-state index contributed by atoms with van der Waals surface area (Å²) in [5.41, 5.74) is 1.10. The Balaban J connectivity index is 2.26. The molecule has 0 aliphatic carbocycles. The zero-order valence-electron chi connectivity index (χ0n) is 13.4. The average molecular weight is 325 g/mol. The van der Waals surface area contributed by atoms with Gasteiger partial charge >= 0.3 is 0 Å². The van der Waals surface area contributed by atoms with Crippen molar-refractivity contribution in [1.82, 2.24) is 16.0 Å². The lowest BCUT2D eigenvalue weighted by atomic mass is 10.1. The molecular weight excluding hydrogens is 300 g/mol. The van der Waals surface area contributed by atoms with Crippen molar-refractivity contribution in [3.63, 3.8) is 0 Å². The van der Waals surface area contributed by atoms with Crippen LogP contribution in [0.2, 0.25) is 5.02 Å². The zero-order valence-corrected chi connectivity index (χ0v) is 14.2. The number of nitrogens with one attached hydrogen (secondary N) is 3. The predicted molar refractivity (Wildman–Crippen MR) is 92.4 cm³/mol. The molecule has 0 fully saturated rings. The van der Waals surface area contributed by atoms with Gasteiger partial charge in [0.05, 0.1) is 0 Å². The minimum absolute atomic E-state index is 0.0361. The number of nitrogens with zero attached hydrogens (tertiary/aromatic N) is 1. The Kier molecular flexibility index (Phi) is 8.36. The molecule has 1 amide bonds. The molecule has 6 heteroatoms. The van der Waals surface area contributed by atoms with Gasteiger partial charge < -0.3 is 16.0 Å². The monoisotopic (exact) mass is 324 g/mol. The fourth-order valence-corrected chi connectivity index (χ4v) is 2.16. The molecule has 1 aromatic rings. The van der Waals surface area contributed by atoms with Crippen molar-refractivity contribution in [2.75, 3.05) is 20.1 Å². The van der Waals surface area contributed by atoms with E-state index in [0.717, 1.165) is 23.6 Å². The molecule has 0 saturated carbocycles. The quantitative estimate of drug-likeness (QED) is 0.530. The lowest BCUT2D eigenvalue weighted by Gasteiger charge is -2.13. The Labute approximate surface area is 137 Å². The van der Waals surface area contributed by atoms with Crippen LogP contribution < -0.4 is 16.0 Å². The summed E-state index contributed by atoms with van der Waals surface area (Å²) >= 11 is 6.12. The SMILES string of the molecule is CN=C(NCCC(=O)NC(C)C)NCCc1ccccc1Cl. The van der Waals surface area contributed by atoms with E-state index in [1.54, 1.807) is 7.05 Å². The number of hydrogen-bond acceptors (Lipinski definition) is 2. The highest BCUT2D eigenvalue weighted by Crippen LogP contribution is 2.14. The maximum Gasteiger partial charge on any atom is 0.221 e. The summed E-state index contributed by atoms with van der Waals surface area (Å²) in [7, 11) is 1.71. The molecule has 3 N–H and O–H groups in total. The number of hydrogen-bond donors (Lipinski definition) is 3. The molecule has 1 aromatic carbocycles. The minimum Gasteiger partial charge on any atom is -0.356 e. The Morgan fingerprint density at radius 3 is 2.55 bits per heavy atom. The lowest BCUT2D eigenvalue weighted by molar-refractivity contribution is -0.121. The molecule has 0 aliphatic heterocycles. The third-order valence-electron chi connectivity index (χ3n) is 2.96. The van der Waals surface area contributed by atoms with Gasteiger partial charge in [-0.25, -0.2) is 0 Å². The highest BCUT2D eigenvalue weighted by atomic mass is 35.5. The topological polar surface area (TPSA) is 65.5 Å². The summed E-state index contributed by atoms with van der Waals surface area (Å²) in [6.45, 7) is 5.16. The molecule has 0 aliphatic rings. The summed E-state index contributed by atoms with van der Waals surface area (Å²) in [4.78, 5) is 15.7. The average Bonchev–Trinajstić information content (AvgIpc) is 2.46. The molecule has 5 nitrogen and oxygen atoms in total. The second-order valence-electron chi connectivity index (χ2n) is 5.24. The first-order valence-corrected chi connectivity index (χ1v) is 7.88. The third kappa shape index (κ3) is 7.31. The molecule has 0 unspecified atom stereocenters. The molecule has 0 bridgehead atoms. The fourth-order valence-electron chi connectivity index (χ4n) is 1.93. The van der Waals surface area contributed by atoms with E-state index in [2.05, 4.69) is 20.9 Å². The van der Waals surface area contributed by atoms with Gasteiger partial charge in [0, 0.05) is 37.6 Å². The van der Waals surface area contributed by atoms with Crippen molar-refractivity contribution in [2.45, 2.75) is 32.7 Å². The van der Waals surface area contributed by atoms with Gasteiger partial charge in [-0.15, -0.1) is 0 Å². The number of carbonyl (C=O) groups is 1. The Bertz CT molecular complexity index is 503. The van der Waals surface area contributed by atoms with E-state index in [1.807, 2.05) is 38.1 Å². The van der Waals surface area contributed by atoms with Gasteiger partial charge in [0.15, 0.2) is 5.96 Å². The molecular formula is C16H25ClN4O. The smallest absolute Gasteiger partial charge is 0.221 e. The third-order valence-corrected chi connectivity index (χ3v) is 3.33. The van der Waals surface area contributed by atoms with Gasteiger partial charge in [0.25, 0.3) is 0 Å². The highest BCUT2D eigenvalue weighted by Gasteiger charge is 2.04. The molecule has 0 saturated heterocycles. The number of halogens is 1. The van der Waals surface area contributed by atoms with Gasteiger partial charge in [-0.05, 0) is 31.9 Å². The molecule has 0 radical (unpaired) electrons. The van der Waals surface area contributed by atoms with Crippen LogP contribution in [0.3, 0.4) is 0 Å². The standard InChI is InChI=1S/C16H25ClN4O/c1-12(2)21-15(22)9-11-20-16(18-3)19-10-8-13-6-4-5-7-14(13)17/h4-7,12H,8-11H2,1-3H3,(H,21,22)(H2,18,19,20). The second kappa shape index (κ2) is 10.1. The van der Waals surface area contributed by atoms with Gasteiger partial charge in [-0.1, -0.05) is 29.8 Å². The van der Waals surface area contributed by atoms with E-state index in [0.29, 0.717) is 18.9 Å². The summed E-state index contributed by atoms with van der Waals surface area (Å²) in [5, 5.41) is 9.95. The number of rotatable bonds is 7. The number of guanidine groups is 1. The van der Waals surface area contributed by atoms with Crippen molar-refractivity contribution in [2.24, 2.45) is 4.99 Å². The van der Waals surface area contributed by atoms with Gasteiger partial charge in [-0.3, -0.25) is 9.79 Å². The molecule has 0 atom stereocenters. The van der Waals surface area contributed by atoms with Gasteiger partial charge in [0.2, 0.25) is 5.91 Å². The molecule has 1 rings (SSSR count). The van der Waals surface area contributed by atoms with Crippen molar-refractivity contribution in [1.29, 1.82) is 0 Å². The maximum absolute atomic E-state index is 11.5. The predicted octanol–water partition coefficient (Wildman–Crippen LogP) is 1.96.